The van der Waals surface area contributed by atoms with Crippen molar-refractivity contribution in [3.63, 3.8) is 0 Å². The van der Waals surface area contributed by atoms with Crippen LogP contribution >= 0.6 is 23.4 Å². The highest BCUT2D eigenvalue weighted by molar-refractivity contribution is 7.98. The Kier molecular flexibility index (Phi) is 8.79. The molecule has 1 amide bonds. The normalized spacial score (nSPS) is 11.3. The first-order chi connectivity index (χ1) is 13.7. The summed E-state index contributed by atoms with van der Waals surface area (Å²) in [6.07, 6.45) is 1.76. The number of rotatable bonds is 10. The van der Waals surface area contributed by atoms with Gasteiger partial charge in [-0.1, -0.05) is 29.8 Å². The standard InChI is InChI=1S/C20H24ClFN2O3S2/c1-15-12-17(21)8-9-19(15)24(29(2,26)27)13-20(25)23-10-5-11-28-14-16-6-3-4-7-18(16)22/h3-4,6-9,12H,5,10-11,13-14H2,1-2H3,(H,23,25). The van der Waals surface area contributed by atoms with E-state index in [-0.39, 0.29) is 18.3 Å². The van der Waals surface area contributed by atoms with Crippen molar-refractivity contribution < 1.29 is 17.6 Å². The lowest BCUT2D eigenvalue weighted by Crippen LogP contribution is -2.41. The van der Waals surface area contributed by atoms with Crippen LogP contribution in [0.4, 0.5) is 10.1 Å². The lowest BCUT2D eigenvalue weighted by atomic mass is 10.2. The molecule has 2 rings (SSSR count). The van der Waals surface area contributed by atoms with Gasteiger partial charge in [-0.3, -0.25) is 9.10 Å². The average molecular weight is 459 g/mol. The van der Waals surface area contributed by atoms with E-state index in [0.29, 0.717) is 40.6 Å². The molecule has 0 spiro atoms. The summed E-state index contributed by atoms with van der Waals surface area (Å²) >= 11 is 7.51. The molecule has 0 bridgehead atoms. The van der Waals surface area contributed by atoms with Gasteiger partial charge in [0.25, 0.3) is 0 Å². The van der Waals surface area contributed by atoms with Crippen LogP contribution in [-0.4, -0.2) is 39.4 Å². The second-order valence-electron chi connectivity index (χ2n) is 6.55. The Balaban J connectivity index is 1.81. The molecule has 158 valence electrons. The first-order valence-electron chi connectivity index (χ1n) is 9.00. The molecule has 0 radical (unpaired) electrons. The topological polar surface area (TPSA) is 66.5 Å². The maximum absolute atomic E-state index is 13.5. The smallest absolute Gasteiger partial charge is 0.240 e. The van der Waals surface area contributed by atoms with Gasteiger partial charge in [-0.2, -0.15) is 11.8 Å². The minimum Gasteiger partial charge on any atom is -0.354 e. The summed E-state index contributed by atoms with van der Waals surface area (Å²) in [4.78, 5) is 12.3. The zero-order valence-corrected chi connectivity index (χ0v) is 18.7. The zero-order chi connectivity index (χ0) is 21.4. The molecule has 0 aliphatic rings. The Bertz CT molecular complexity index is 954. The third-order valence-corrected chi connectivity index (χ3v) is 6.57. The third-order valence-electron chi connectivity index (χ3n) is 4.12. The van der Waals surface area contributed by atoms with Gasteiger partial charge in [0, 0.05) is 17.3 Å². The number of carbonyl (C=O) groups is 1. The van der Waals surface area contributed by atoms with Crippen molar-refractivity contribution >= 4 is 45.0 Å². The summed E-state index contributed by atoms with van der Waals surface area (Å²) in [6.45, 7) is 1.86. The van der Waals surface area contributed by atoms with Crippen LogP contribution in [0, 0.1) is 12.7 Å². The predicted molar refractivity (Wildman–Crippen MR) is 119 cm³/mol. The van der Waals surface area contributed by atoms with Crippen molar-refractivity contribution in [3.8, 4) is 0 Å². The summed E-state index contributed by atoms with van der Waals surface area (Å²) in [6, 6.07) is 11.5. The Hall–Kier alpha value is -1.77. The van der Waals surface area contributed by atoms with Crippen molar-refractivity contribution in [2.45, 2.75) is 19.1 Å². The number of benzene rings is 2. The van der Waals surface area contributed by atoms with E-state index in [2.05, 4.69) is 5.32 Å². The maximum Gasteiger partial charge on any atom is 0.240 e. The van der Waals surface area contributed by atoms with Gasteiger partial charge in [-0.05, 0) is 54.5 Å². The number of halogens is 2. The largest absolute Gasteiger partial charge is 0.354 e. The summed E-state index contributed by atoms with van der Waals surface area (Å²) in [5, 5.41) is 3.23. The monoisotopic (exact) mass is 458 g/mol. The molecule has 2 aromatic carbocycles. The summed E-state index contributed by atoms with van der Waals surface area (Å²) in [5.41, 5.74) is 1.75. The second-order valence-corrected chi connectivity index (χ2v) is 10.00. The molecule has 0 unspecified atom stereocenters. The van der Waals surface area contributed by atoms with Crippen LogP contribution in [0.2, 0.25) is 5.02 Å². The number of sulfonamides is 1. The van der Waals surface area contributed by atoms with Crippen molar-refractivity contribution in [2.24, 2.45) is 0 Å². The number of thioether (sulfide) groups is 1. The van der Waals surface area contributed by atoms with E-state index in [1.807, 2.05) is 0 Å². The number of nitrogens with zero attached hydrogens (tertiary/aromatic N) is 1. The van der Waals surface area contributed by atoms with E-state index in [4.69, 9.17) is 11.6 Å². The first kappa shape index (κ1) is 23.5. The van der Waals surface area contributed by atoms with Gasteiger partial charge in [0.15, 0.2) is 0 Å². The lowest BCUT2D eigenvalue weighted by molar-refractivity contribution is -0.119. The van der Waals surface area contributed by atoms with Crippen LogP contribution in [-0.2, 0) is 20.6 Å². The zero-order valence-electron chi connectivity index (χ0n) is 16.3. The fraction of sp³-hybridized carbons (Fsp3) is 0.350. The SMILES string of the molecule is Cc1cc(Cl)ccc1N(CC(=O)NCCCSCc1ccccc1F)S(C)(=O)=O. The van der Waals surface area contributed by atoms with Gasteiger partial charge in [-0.25, -0.2) is 12.8 Å². The van der Waals surface area contributed by atoms with Crippen LogP contribution in [0.5, 0.6) is 0 Å². The van der Waals surface area contributed by atoms with E-state index < -0.39 is 10.0 Å². The maximum atomic E-state index is 13.5. The fourth-order valence-corrected chi connectivity index (χ4v) is 4.75. The molecule has 1 N–H and O–H groups in total. The average Bonchev–Trinajstić information content (AvgIpc) is 2.63. The Morgan fingerprint density at radius 3 is 2.62 bits per heavy atom. The van der Waals surface area contributed by atoms with E-state index in [9.17, 15) is 17.6 Å². The number of aryl methyl sites for hydroxylation is 1. The highest BCUT2D eigenvalue weighted by atomic mass is 35.5. The van der Waals surface area contributed by atoms with Gasteiger partial charge >= 0.3 is 0 Å². The Morgan fingerprint density at radius 1 is 1.24 bits per heavy atom. The van der Waals surface area contributed by atoms with Crippen LogP contribution in [0.1, 0.15) is 17.5 Å². The molecule has 2 aromatic rings. The molecule has 0 aliphatic carbocycles. The van der Waals surface area contributed by atoms with Crippen molar-refractivity contribution in [3.05, 3.63) is 64.4 Å². The van der Waals surface area contributed by atoms with Crippen molar-refractivity contribution in [1.29, 1.82) is 0 Å². The Labute approximate surface area is 180 Å². The predicted octanol–water partition coefficient (Wildman–Crippen LogP) is 3.99. The molecule has 0 aliphatic heterocycles. The summed E-state index contributed by atoms with van der Waals surface area (Å²) in [5.74, 6) is 0.717. The van der Waals surface area contributed by atoms with Crippen molar-refractivity contribution in [2.75, 3.05) is 29.4 Å². The third kappa shape index (κ3) is 7.53. The number of hydrogen-bond donors (Lipinski definition) is 1. The number of nitrogens with one attached hydrogen (secondary N) is 1. The molecule has 29 heavy (non-hydrogen) atoms. The molecule has 0 heterocycles. The molecule has 5 nitrogen and oxygen atoms in total. The number of carbonyl (C=O) groups excluding carboxylic acids is 1. The van der Waals surface area contributed by atoms with Crippen LogP contribution < -0.4 is 9.62 Å². The van der Waals surface area contributed by atoms with Gasteiger partial charge in [0.2, 0.25) is 15.9 Å². The highest BCUT2D eigenvalue weighted by Crippen LogP contribution is 2.25. The second kappa shape index (κ2) is 10.8. The molecular formula is C20H24ClFN2O3S2. The molecule has 0 saturated carbocycles. The number of hydrogen-bond acceptors (Lipinski definition) is 4. The Morgan fingerprint density at radius 2 is 1.97 bits per heavy atom. The fourth-order valence-electron chi connectivity index (χ4n) is 2.67. The number of amides is 1. The van der Waals surface area contributed by atoms with Crippen LogP contribution in [0.25, 0.3) is 0 Å². The van der Waals surface area contributed by atoms with Crippen LogP contribution in [0.3, 0.4) is 0 Å². The van der Waals surface area contributed by atoms with Crippen molar-refractivity contribution in [1.82, 2.24) is 5.32 Å². The first-order valence-corrected chi connectivity index (χ1v) is 12.4. The molecule has 9 heteroatoms. The molecule has 0 atom stereocenters. The summed E-state index contributed by atoms with van der Waals surface area (Å²) in [7, 11) is -3.63. The van der Waals surface area contributed by atoms with E-state index in [0.717, 1.165) is 16.3 Å². The quantitative estimate of drug-likeness (QED) is 0.546. The van der Waals surface area contributed by atoms with E-state index in [1.54, 1.807) is 55.1 Å². The highest BCUT2D eigenvalue weighted by Gasteiger charge is 2.22. The minimum absolute atomic E-state index is 0.216. The molecular weight excluding hydrogens is 435 g/mol. The van der Waals surface area contributed by atoms with Gasteiger partial charge in [-0.15, -0.1) is 0 Å². The summed E-state index contributed by atoms with van der Waals surface area (Å²) < 4.78 is 38.9. The molecule has 0 saturated heterocycles. The molecule has 0 aromatic heterocycles. The van der Waals surface area contributed by atoms with E-state index >= 15 is 0 Å². The number of anilines is 1. The lowest BCUT2D eigenvalue weighted by Gasteiger charge is -2.23. The van der Waals surface area contributed by atoms with Crippen LogP contribution in [0.15, 0.2) is 42.5 Å². The van der Waals surface area contributed by atoms with Gasteiger partial charge < -0.3 is 5.32 Å². The van der Waals surface area contributed by atoms with E-state index in [1.165, 1.54) is 6.07 Å². The molecule has 0 fully saturated rings. The van der Waals surface area contributed by atoms with Gasteiger partial charge in [0.1, 0.15) is 12.4 Å². The minimum atomic E-state index is -3.63. The van der Waals surface area contributed by atoms with Gasteiger partial charge in [0.05, 0.1) is 11.9 Å².